The largest absolute Gasteiger partial charge is 0.354 e. The summed E-state index contributed by atoms with van der Waals surface area (Å²) >= 11 is 0. The van der Waals surface area contributed by atoms with E-state index in [1.165, 1.54) is 0 Å². The zero-order chi connectivity index (χ0) is 7.40. The monoisotopic (exact) mass is 136 g/mol. The molecule has 1 radical (unpaired) electrons. The standard InChI is InChI=1S/C8H10NO/c1-2-9-5-3-4-8(6-9)7-10/h3,5-6H,2,4H2,1H3. The first kappa shape index (κ1) is 7.06. The Labute approximate surface area is 60.8 Å². The van der Waals surface area contributed by atoms with Crippen LogP contribution in [0.5, 0.6) is 0 Å². The van der Waals surface area contributed by atoms with E-state index in [1.807, 2.05) is 36.6 Å². The molecule has 0 aromatic carbocycles. The summed E-state index contributed by atoms with van der Waals surface area (Å²) in [5.74, 6) is 0. The van der Waals surface area contributed by atoms with Crippen molar-refractivity contribution in [2.45, 2.75) is 13.3 Å². The third kappa shape index (κ3) is 1.47. The summed E-state index contributed by atoms with van der Waals surface area (Å²) < 4.78 is 0. The van der Waals surface area contributed by atoms with Crippen LogP contribution in [0, 0.1) is 0 Å². The van der Waals surface area contributed by atoms with Crippen molar-refractivity contribution in [3.05, 3.63) is 24.0 Å². The van der Waals surface area contributed by atoms with Crippen LogP contribution in [0.2, 0.25) is 0 Å². The number of carbonyl (C=O) groups excluding carboxylic acids is 1. The Kier molecular flexibility index (Phi) is 2.26. The van der Waals surface area contributed by atoms with Crippen molar-refractivity contribution in [3.63, 3.8) is 0 Å². The van der Waals surface area contributed by atoms with E-state index in [2.05, 4.69) is 0 Å². The highest BCUT2D eigenvalue weighted by atomic mass is 16.1. The molecule has 0 bridgehead atoms. The number of hydrogen-bond acceptors (Lipinski definition) is 2. The number of hydrogen-bond donors (Lipinski definition) is 0. The van der Waals surface area contributed by atoms with Gasteiger partial charge in [-0.2, -0.15) is 0 Å². The SMILES string of the molecule is CCN1C=CCC([C]=O)=C1. The fraction of sp³-hybridized carbons (Fsp3) is 0.375. The van der Waals surface area contributed by atoms with Crippen LogP contribution in [0.1, 0.15) is 13.3 Å². The predicted molar refractivity (Wildman–Crippen MR) is 39.9 cm³/mol. The van der Waals surface area contributed by atoms with Crippen LogP contribution in [-0.2, 0) is 4.79 Å². The average Bonchev–Trinajstić information content (AvgIpc) is 2.05. The molecule has 0 aliphatic carbocycles. The topological polar surface area (TPSA) is 20.3 Å². The van der Waals surface area contributed by atoms with Crippen LogP contribution in [0.3, 0.4) is 0 Å². The van der Waals surface area contributed by atoms with Gasteiger partial charge in [0.1, 0.15) is 0 Å². The molecule has 0 saturated heterocycles. The van der Waals surface area contributed by atoms with E-state index >= 15 is 0 Å². The zero-order valence-electron chi connectivity index (χ0n) is 6.00. The molecule has 1 aliphatic heterocycles. The molecule has 1 aliphatic rings. The molecule has 0 fully saturated rings. The van der Waals surface area contributed by atoms with Crippen LogP contribution in [0.4, 0.5) is 0 Å². The molecule has 1 rings (SSSR count). The molecule has 0 N–H and O–H groups in total. The lowest BCUT2D eigenvalue weighted by Gasteiger charge is -2.16. The van der Waals surface area contributed by atoms with Gasteiger partial charge >= 0.3 is 0 Å². The van der Waals surface area contributed by atoms with E-state index in [0.29, 0.717) is 0 Å². The number of rotatable bonds is 2. The third-order valence-corrected chi connectivity index (χ3v) is 1.45. The first-order valence-electron chi connectivity index (χ1n) is 3.38. The first-order chi connectivity index (χ1) is 4.86. The molecule has 0 amide bonds. The Morgan fingerprint density at radius 1 is 1.80 bits per heavy atom. The molecular weight excluding hydrogens is 126 g/mol. The van der Waals surface area contributed by atoms with E-state index in [-0.39, 0.29) is 0 Å². The number of nitrogens with zero attached hydrogens (tertiary/aromatic N) is 1. The molecule has 0 aromatic rings. The van der Waals surface area contributed by atoms with Crippen LogP contribution in [-0.4, -0.2) is 17.7 Å². The normalized spacial score (nSPS) is 16.9. The molecular formula is C8H10NO. The summed E-state index contributed by atoms with van der Waals surface area (Å²) in [5.41, 5.74) is 0.726. The van der Waals surface area contributed by atoms with E-state index in [0.717, 1.165) is 18.5 Å². The highest BCUT2D eigenvalue weighted by Gasteiger charge is 2.01. The Balaban J connectivity index is 2.62. The quantitative estimate of drug-likeness (QED) is 0.569. The Morgan fingerprint density at radius 2 is 2.60 bits per heavy atom. The van der Waals surface area contributed by atoms with E-state index in [4.69, 9.17) is 0 Å². The molecule has 10 heavy (non-hydrogen) atoms. The molecule has 2 nitrogen and oxygen atoms in total. The van der Waals surface area contributed by atoms with Crippen molar-refractivity contribution < 1.29 is 4.79 Å². The van der Waals surface area contributed by atoms with Crippen molar-refractivity contribution in [1.29, 1.82) is 0 Å². The second kappa shape index (κ2) is 3.20. The lowest BCUT2D eigenvalue weighted by Crippen LogP contribution is -2.12. The van der Waals surface area contributed by atoms with Crippen molar-refractivity contribution in [2.75, 3.05) is 6.54 Å². The summed E-state index contributed by atoms with van der Waals surface area (Å²) in [6.45, 7) is 2.94. The van der Waals surface area contributed by atoms with E-state index in [9.17, 15) is 4.79 Å². The summed E-state index contributed by atoms with van der Waals surface area (Å²) in [6.07, 6.45) is 8.37. The van der Waals surface area contributed by atoms with Gasteiger partial charge in [0.15, 0.2) is 0 Å². The van der Waals surface area contributed by atoms with Gasteiger partial charge in [0, 0.05) is 18.3 Å². The molecule has 2 heteroatoms. The molecule has 0 saturated carbocycles. The first-order valence-corrected chi connectivity index (χ1v) is 3.38. The maximum absolute atomic E-state index is 10.2. The van der Waals surface area contributed by atoms with E-state index < -0.39 is 0 Å². The predicted octanol–water partition coefficient (Wildman–Crippen LogP) is 1.22. The number of allylic oxidation sites excluding steroid dienone is 2. The maximum Gasteiger partial charge on any atom is 0.231 e. The van der Waals surface area contributed by atoms with Gasteiger partial charge in [0.05, 0.1) is 0 Å². The van der Waals surface area contributed by atoms with Crippen LogP contribution >= 0.6 is 0 Å². The van der Waals surface area contributed by atoms with Gasteiger partial charge in [-0.15, -0.1) is 0 Å². The third-order valence-electron chi connectivity index (χ3n) is 1.45. The van der Waals surface area contributed by atoms with Crippen LogP contribution < -0.4 is 0 Å². The van der Waals surface area contributed by atoms with E-state index in [1.54, 1.807) is 0 Å². The average molecular weight is 136 g/mol. The maximum atomic E-state index is 10.2. The molecule has 0 atom stereocenters. The summed E-state index contributed by atoms with van der Waals surface area (Å²) in [7, 11) is 0. The Bertz CT molecular complexity index is 182. The Morgan fingerprint density at radius 3 is 3.20 bits per heavy atom. The lowest BCUT2D eigenvalue weighted by molar-refractivity contribution is 0.518. The van der Waals surface area contributed by atoms with Gasteiger partial charge < -0.3 is 4.90 Å². The minimum absolute atomic E-state index is 0.722. The second-order valence-corrected chi connectivity index (χ2v) is 2.18. The van der Waals surface area contributed by atoms with Crippen LogP contribution in [0.25, 0.3) is 0 Å². The Hall–Kier alpha value is -1.05. The summed E-state index contributed by atoms with van der Waals surface area (Å²) in [4.78, 5) is 12.1. The molecule has 0 spiro atoms. The minimum atomic E-state index is 0.722. The van der Waals surface area contributed by atoms with Gasteiger partial charge in [0.25, 0.3) is 0 Å². The molecule has 53 valence electrons. The lowest BCUT2D eigenvalue weighted by atomic mass is 10.2. The van der Waals surface area contributed by atoms with Gasteiger partial charge in [-0.1, -0.05) is 6.08 Å². The van der Waals surface area contributed by atoms with Gasteiger partial charge in [-0.25, -0.2) is 0 Å². The van der Waals surface area contributed by atoms with Crippen molar-refractivity contribution in [2.24, 2.45) is 0 Å². The molecule has 0 aromatic heterocycles. The molecule has 1 heterocycles. The fourth-order valence-electron chi connectivity index (χ4n) is 0.876. The summed E-state index contributed by atoms with van der Waals surface area (Å²) in [5, 5.41) is 0. The minimum Gasteiger partial charge on any atom is -0.354 e. The highest BCUT2D eigenvalue weighted by Crippen LogP contribution is 2.08. The van der Waals surface area contributed by atoms with Gasteiger partial charge in [-0.3, -0.25) is 4.79 Å². The van der Waals surface area contributed by atoms with Crippen molar-refractivity contribution >= 4 is 6.29 Å². The summed E-state index contributed by atoms with van der Waals surface area (Å²) in [6, 6.07) is 0. The van der Waals surface area contributed by atoms with Gasteiger partial charge in [-0.05, 0) is 19.5 Å². The zero-order valence-corrected chi connectivity index (χ0v) is 6.00. The van der Waals surface area contributed by atoms with Gasteiger partial charge in [0.2, 0.25) is 6.29 Å². The molecule has 0 unspecified atom stereocenters. The highest BCUT2D eigenvalue weighted by molar-refractivity contribution is 5.74. The fourth-order valence-corrected chi connectivity index (χ4v) is 0.876. The van der Waals surface area contributed by atoms with Crippen molar-refractivity contribution in [1.82, 2.24) is 4.90 Å². The van der Waals surface area contributed by atoms with Crippen molar-refractivity contribution in [3.8, 4) is 0 Å². The second-order valence-electron chi connectivity index (χ2n) is 2.18. The van der Waals surface area contributed by atoms with Crippen LogP contribution in [0.15, 0.2) is 24.0 Å². The smallest absolute Gasteiger partial charge is 0.231 e.